The molecule has 0 N–H and O–H groups in total. The quantitative estimate of drug-likeness (QED) is 0.785. The highest BCUT2D eigenvalue weighted by Gasteiger charge is 2.27. The zero-order valence-corrected chi connectivity index (χ0v) is 15.7. The van der Waals surface area contributed by atoms with Gasteiger partial charge in [-0.15, -0.1) is 0 Å². The van der Waals surface area contributed by atoms with Crippen LogP contribution in [0.1, 0.15) is 49.0 Å². The summed E-state index contributed by atoms with van der Waals surface area (Å²) in [4.78, 5) is 25.3. The predicted molar refractivity (Wildman–Crippen MR) is 97.4 cm³/mol. The number of esters is 1. The van der Waals surface area contributed by atoms with Gasteiger partial charge in [0.25, 0.3) is 0 Å². The Balaban J connectivity index is 1.82. The summed E-state index contributed by atoms with van der Waals surface area (Å²) in [6, 6.07) is 4.14. The van der Waals surface area contributed by atoms with E-state index >= 15 is 0 Å². The molecular weight excluding hydrogens is 334 g/mol. The normalized spacial score (nSPS) is 20.0. The van der Waals surface area contributed by atoms with E-state index in [1.165, 1.54) is 14.2 Å². The molecule has 7 heteroatoms. The van der Waals surface area contributed by atoms with Gasteiger partial charge < -0.3 is 14.4 Å². The van der Waals surface area contributed by atoms with Gasteiger partial charge in [0.2, 0.25) is 5.91 Å². The second-order valence-electron chi connectivity index (χ2n) is 6.80. The Labute approximate surface area is 152 Å². The van der Waals surface area contributed by atoms with Crippen LogP contribution in [0.2, 0.25) is 0 Å². The lowest BCUT2D eigenvalue weighted by molar-refractivity contribution is -0.130. The Bertz CT molecular complexity index is 822. The zero-order valence-electron chi connectivity index (χ0n) is 15.7. The van der Waals surface area contributed by atoms with Crippen molar-refractivity contribution in [3.05, 3.63) is 23.9 Å². The van der Waals surface area contributed by atoms with Gasteiger partial charge in [-0.3, -0.25) is 9.48 Å². The highest BCUT2D eigenvalue weighted by atomic mass is 16.5. The molecule has 0 bridgehead atoms. The highest BCUT2D eigenvalue weighted by Crippen LogP contribution is 2.33. The fourth-order valence-corrected chi connectivity index (χ4v) is 3.66. The number of aromatic nitrogens is 2. The van der Waals surface area contributed by atoms with Gasteiger partial charge in [-0.25, -0.2) is 4.79 Å². The van der Waals surface area contributed by atoms with E-state index in [2.05, 4.69) is 5.10 Å². The lowest BCUT2D eigenvalue weighted by Crippen LogP contribution is -2.38. The predicted octanol–water partition coefficient (Wildman–Crippen LogP) is 2.79. The summed E-state index contributed by atoms with van der Waals surface area (Å²) in [6.45, 7) is 1.61. The van der Waals surface area contributed by atoms with E-state index in [9.17, 15) is 9.59 Å². The molecular formula is C19H25N3O4. The minimum absolute atomic E-state index is 0.112. The molecule has 0 atom stereocenters. The number of carbonyl (C=O) groups is 2. The number of rotatable bonds is 4. The largest absolute Gasteiger partial charge is 0.496 e. The topological polar surface area (TPSA) is 73.7 Å². The van der Waals surface area contributed by atoms with Crippen molar-refractivity contribution in [2.45, 2.75) is 44.7 Å². The molecule has 3 rings (SSSR count). The monoisotopic (exact) mass is 359 g/mol. The van der Waals surface area contributed by atoms with Crippen LogP contribution in [0.3, 0.4) is 0 Å². The first-order chi connectivity index (χ1) is 12.4. The number of ether oxygens (including phenoxy) is 2. The maximum Gasteiger partial charge on any atom is 0.341 e. The molecule has 1 amide bonds. The van der Waals surface area contributed by atoms with Crippen LogP contribution >= 0.6 is 0 Å². The Morgan fingerprint density at radius 1 is 1.19 bits per heavy atom. The summed E-state index contributed by atoms with van der Waals surface area (Å²) in [5.41, 5.74) is 1.19. The summed E-state index contributed by atoms with van der Waals surface area (Å²) < 4.78 is 12.1. The summed E-state index contributed by atoms with van der Waals surface area (Å²) in [5.74, 6) is 0.145. The fourth-order valence-electron chi connectivity index (χ4n) is 3.66. The number of hydrogen-bond donors (Lipinski definition) is 0. The molecule has 7 nitrogen and oxygen atoms in total. The second kappa shape index (κ2) is 7.35. The smallest absolute Gasteiger partial charge is 0.341 e. The molecule has 1 saturated carbocycles. The van der Waals surface area contributed by atoms with Crippen LogP contribution in [0.25, 0.3) is 10.9 Å². The lowest BCUT2D eigenvalue weighted by atomic mass is 9.90. The van der Waals surface area contributed by atoms with Crippen molar-refractivity contribution in [2.24, 2.45) is 0 Å². The molecule has 1 fully saturated rings. The second-order valence-corrected chi connectivity index (χ2v) is 6.80. The first-order valence-corrected chi connectivity index (χ1v) is 8.83. The SMILES string of the molecule is COC(=O)c1cc2cn(C3CCC(N(C)C(C)=O)CC3)nc2cc1OC. The van der Waals surface area contributed by atoms with Gasteiger partial charge in [-0.2, -0.15) is 5.10 Å². The van der Waals surface area contributed by atoms with E-state index in [0.29, 0.717) is 23.4 Å². The molecule has 0 saturated heterocycles. The molecule has 2 aromatic rings. The third-order valence-electron chi connectivity index (χ3n) is 5.33. The van der Waals surface area contributed by atoms with E-state index in [1.54, 1.807) is 19.1 Å². The number of fused-ring (bicyclic) bond motifs is 1. The average Bonchev–Trinajstić information content (AvgIpc) is 3.08. The van der Waals surface area contributed by atoms with Gasteiger partial charge >= 0.3 is 5.97 Å². The van der Waals surface area contributed by atoms with Crippen LogP contribution in [0, 0.1) is 0 Å². The molecule has 1 aliphatic rings. The maximum absolute atomic E-state index is 11.9. The molecule has 26 heavy (non-hydrogen) atoms. The minimum Gasteiger partial charge on any atom is -0.496 e. The van der Waals surface area contributed by atoms with Crippen molar-refractivity contribution in [1.82, 2.24) is 14.7 Å². The number of nitrogens with zero attached hydrogens (tertiary/aromatic N) is 3. The van der Waals surface area contributed by atoms with Crippen molar-refractivity contribution < 1.29 is 19.1 Å². The fraction of sp³-hybridized carbons (Fsp3) is 0.526. The number of benzene rings is 1. The Hall–Kier alpha value is -2.57. The Morgan fingerprint density at radius 3 is 2.46 bits per heavy atom. The summed E-state index contributed by atoms with van der Waals surface area (Å²) in [5, 5.41) is 5.56. The zero-order chi connectivity index (χ0) is 18.8. The van der Waals surface area contributed by atoms with Crippen LogP contribution in [0.15, 0.2) is 18.3 Å². The Morgan fingerprint density at radius 2 is 1.88 bits per heavy atom. The van der Waals surface area contributed by atoms with Gasteiger partial charge in [0, 0.05) is 37.7 Å². The standard InChI is InChI=1S/C19H25N3O4/c1-12(23)21(2)14-5-7-15(8-6-14)22-11-13-9-16(19(24)26-4)18(25-3)10-17(13)20-22/h9-11,14-15H,5-8H2,1-4H3. The molecule has 0 spiro atoms. The van der Waals surface area contributed by atoms with Crippen molar-refractivity contribution in [1.29, 1.82) is 0 Å². The first-order valence-electron chi connectivity index (χ1n) is 8.83. The van der Waals surface area contributed by atoms with Gasteiger partial charge in [-0.05, 0) is 31.7 Å². The third kappa shape index (κ3) is 3.38. The minimum atomic E-state index is -0.427. The number of carbonyl (C=O) groups excluding carboxylic acids is 2. The molecule has 0 aliphatic heterocycles. The van der Waals surface area contributed by atoms with Crippen molar-refractivity contribution >= 4 is 22.8 Å². The highest BCUT2D eigenvalue weighted by molar-refractivity contribution is 5.97. The van der Waals surface area contributed by atoms with Crippen molar-refractivity contribution in [2.75, 3.05) is 21.3 Å². The van der Waals surface area contributed by atoms with Crippen LogP contribution in [0.5, 0.6) is 5.75 Å². The van der Waals surface area contributed by atoms with Gasteiger partial charge in [-0.1, -0.05) is 0 Å². The van der Waals surface area contributed by atoms with E-state index in [1.807, 2.05) is 22.8 Å². The maximum atomic E-state index is 11.9. The molecule has 0 unspecified atom stereocenters. The number of methoxy groups -OCH3 is 2. The van der Waals surface area contributed by atoms with E-state index in [4.69, 9.17) is 9.47 Å². The van der Waals surface area contributed by atoms with Crippen LogP contribution in [-0.4, -0.2) is 53.9 Å². The Kier molecular flexibility index (Phi) is 5.15. The summed E-state index contributed by atoms with van der Waals surface area (Å²) >= 11 is 0. The van der Waals surface area contributed by atoms with Gasteiger partial charge in [0.1, 0.15) is 11.3 Å². The van der Waals surface area contributed by atoms with Crippen molar-refractivity contribution in [3.8, 4) is 5.75 Å². The number of amides is 1. The van der Waals surface area contributed by atoms with E-state index in [-0.39, 0.29) is 5.91 Å². The van der Waals surface area contributed by atoms with Crippen LogP contribution < -0.4 is 4.74 Å². The van der Waals surface area contributed by atoms with Crippen LogP contribution in [-0.2, 0) is 9.53 Å². The van der Waals surface area contributed by atoms with Gasteiger partial charge in [0.05, 0.1) is 25.8 Å². The molecule has 140 valence electrons. The molecule has 0 radical (unpaired) electrons. The molecule has 1 aromatic heterocycles. The third-order valence-corrected chi connectivity index (χ3v) is 5.33. The molecule has 1 aromatic carbocycles. The molecule has 1 aliphatic carbocycles. The van der Waals surface area contributed by atoms with E-state index < -0.39 is 5.97 Å². The van der Waals surface area contributed by atoms with Crippen molar-refractivity contribution in [3.63, 3.8) is 0 Å². The summed E-state index contributed by atoms with van der Waals surface area (Å²) in [7, 11) is 4.75. The first kappa shape index (κ1) is 18.2. The van der Waals surface area contributed by atoms with Crippen LogP contribution in [0.4, 0.5) is 0 Å². The lowest BCUT2D eigenvalue weighted by Gasteiger charge is -2.34. The molecule has 1 heterocycles. The average molecular weight is 359 g/mol. The number of hydrogen-bond acceptors (Lipinski definition) is 5. The summed E-state index contributed by atoms with van der Waals surface area (Å²) in [6.07, 6.45) is 5.84. The van der Waals surface area contributed by atoms with E-state index in [0.717, 1.165) is 36.6 Å². The van der Waals surface area contributed by atoms with Gasteiger partial charge in [0.15, 0.2) is 0 Å².